The summed E-state index contributed by atoms with van der Waals surface area (Å²) >= 11 is 1.57. The van der Waals surface area contributed by atoms with Crippen molar-refractivity contribution in [3.05, 3.63) is 52.1 Å². The van der Waals surface area contributed by atoms with Crippen LogP contribution in [-0.4, -0.2) is 77.5 Å². The molecule has 8 nitrogen and oxygen atoms in total. The number of hydrogen-bond acceptors (Lipinski definition) is 6. The third-order valence-corrected chi connectivity index (χ3v) is 8.52. The Morgan fingerprint density at radius 1 is 1.03 bits per heavy atom. The van der Waals surface area contributed by atoms with E-state index in [0.29, 0.717) is 18.2 Å². The number of aromatic nitrogens is 2. The molecule has 0 saturated carbocycles. The van der Waals surface area contributed by atoms with E-state index in [1.807, 2.05) is 39.6 Å². The summed E-state index contributed by atoms with van der Waals surface area (Å²) in [6.45, 7) is 5.20. The molecule has 3 aliphatic rings. The van der Waals surface area contributed by atoms with Crippen LogP contribution in [0.4, 0.5) is 10.6 Å². The number of likely N-dealkylation sites (tertiary alicyclic amines) is 1. The van der Waals surface area contributed by atoms with Crippen LogP contribution in [0.5, 0.6) is 0 Å². The largest absolute Gasteiger partial charge is 0.353 e. The van der Waals surface area contributed by atoms with Crippen molar-refractivity contribution in [2.45, 2.75) is 50.9 Å². The van der Waals surface area contributed by atoms with Crippen LogP contribution in [0.2, 0.25) is 0 Å². The first-order valence-electron chi connectivity index (χ1n) is 13.3. The number of hydrogen-bond donors (Lipinski definition) is 1. The predicted octanol–water partition coefficient (Wildman–Crippen LogP) is 4.28. The van der Waals surface area contributed by atoms with Gasteiger partial charge in [0.15, 0.2) is 0 Å². The van der Waals surface area contributed by atoms with Crippen LogP contribution in [0.25, 0.3) is 0 Å². The Hall–Kier alpha value is -2.94. The molecule has 9 heteroatoms. The van der Waals surface area contributed by atoms with Crippen LogP contribution >= 0.6 is 11.3 Å². The zero-order chi connectivity index (χ0) is 24.7. The molecular formula is C27H36N6O2S. The number of carbonyl (C=O) groups is 2. The maximum Gasteiger partial charge on any atom is 0.320 e. The van der Waals surface area contributed by atoms with Gasteiger partial charge in [0.25, 0.3) is 5.91 Å². The second-order valence-electron chi connectivity index (χ2n) is 9.89. The second-order valence-corrected chi connectivity index (χ2v) is 10.8. The van der Waals surface area contributed by atoms with Gasteiger partial charge in [-0.3, -0.25) is 4.79 Å². The van der Waals surface area contributed by atoms with Crippen molar-refractivity contribution in [2.75, 3.05) is 50.7 Å². The van der Waals surface area contributed by atoms with Crippen LogP contribution in [-0.2, 0) is 0 Å². The van der Waals surface area contributed by atoms with E-state index in [1.165, 1.54) is 31.3 Å². The molecule has 0 unspecified atom stereocenters. The lowest BCUT2D eigenvalue weighted by molar-refractivity contribution is 0.0949. The molecule has 2 aromatic rings. The Labute approximate surface area is 217 Å². The lowest BCUT2D eigenvalue weighted by Gasteiger charge is -2.39. The van der Waals surface area contributed by atoms with Crippen molar-refractivity contribution >= 4 is 29.1 Å². The van der Waals surface area contributed by atoms with Crippen LogP contribution in [0.3, 0.4) is 0 Å². The summed E-state index contributed by atoms with van der Waals surface area (Å²) in [7, 11) is 0. The third kappa shape index (κ3) is 6.06. The number of nitrogens with one attached hydrogen (secondary N) is 1. The summed E-state index contributed by atoms with van der Waals surface area (Å²) in [4.78, 5) is 40.9. The summed E-state index contributed by atoms with van der Waals surface area (Å²) in [5.41, 5.74) is 1.99. The quantitative estimate of drug-likeness (QED) is 0.589. The Kier molecular flexibility index (Phi) is 8.15. The molecule has 36 heavy (non-hydrogen) atoms. The van der Waals surface area contributed by atoms with Crippen molar-refractivity contribution in [2.24, 2.45) is 0 Å². The van der Waals surface area contributed by atoms with Crippen LogP contribution in [0, 0.1) is 0 Å². The normalized spacial score (nSPS) is 19.2. The van der Waals surface area contributed by atoms with Gasteiger partial charge < -0.3 is 20.0 Å². The van der Waals surface area contributed by atoms with E-state index in [9.17, 15) is 9.59 Å². The van der Waals surface area contributed by atoms with Gasteiger partial charge in [-0.25, -0.2) is 14.8 Å². The van der Waals surface area contributed by atoms with Gasteiger partial charge in [-0.05, 0) is 57.1 Å². The molecular weight excluding hydrogens is 472 g/mol. The molecule has 0 atom stereocenters. The third-order valence-electron chi connectivity index (χ3n) is 7.51. The molecule has 192 valence electrons. The molecule has 5 rings (SSSR count). The lowest BCUT2D eigenvalue weighted by Crippen LogP contribution is -2.54. The highest BCUT2D eigenvalue weighted by atomic mass is 32.1. The molecule has 2 aliphatic heterocycles. The highest BCUT2D eigenvalue weighted by Gasteiger charge is 2.30. The maximum atomic E-state index is 13.1. The minimum absolute atomic E-state index is 0.0774. The van der Waals surface area contributed by atoms with E-state index in [2.05, 4.69) is 26.3 Å². The number of urea groups is 1. The minimum atomic E-state index is -0.0774. The Morgan fingerprint density at radius 3 is 2.56 bits per heavy atom. The zero-order valence-electron chi connectivity index (χ0n) is 20.9. The summed E-state index contributed by atoms with van der Waals surface area (Å²) in [6.07, 6.45) is 11.8. The van der Waals surface area contributed by atoms with Gasteiger partial charge in [-0.15, -0.1) is 11.3 Å². The van der Waals surface area contributed by atoms with Gasteiger partial charge in [0.1, 0.15) is 11.5 Å². The zero-order valence-corrected chi connectivity index (χ0v) is 21.7. The molecule has 3 amide bonds. The minimum Gasteiger partial charge on any atom is -0.353 e. The summed E-state index contributed by atoms with van der Waals surface area (Å²) in [6, 6.07) is 6.08. The molecule has 4 heterocycles. The first-order chi connectivity index (χ1) is 17.7. The maximum absolute atomic E-state index is 13.1. The first-order valence-corrected chi connectivity index (χ1v) is 14.2. The predicted molar refractivity (Wildman–Crippen MR) is 143 cm³/mol. The number of thiazole rings is 1. The highest BCUT2D eigenvalue weighted by Crippen LogP contribution is 2.31. The van der Waals surface area contributed by atoms with E-state index in [1.54, 1.807) is 11.3 Å². The summed E-state index contributed by atoms with van der Waals surface area (Å²) < 4.78 is 0. The fourth-order valence-corrected chi connectivity index (χ4v) is 6.29. The van der Waals surface area contributed by atoms with Gasteiger partial charge in [-0.2, -0.15) is 0 Å². The van der Waals surface area contributed by atoms with Gasteiger partial charge in [0.2, 0.25) is 0 Å². The molecule has 0 radical (unpaired) electrons. The standard InChI is InChI=1S/C27H36N6O2S/c34-25(29-13-9-21-6-2-1-3-7-21)23-20-36-26(30-23)22-10-14-32(15-11-22)27(35)33-18-16-31(17-19-33)24-8-4-5-12-28-24/h4-6,8,12,20,22H,1-3,7,9-11,13-19H2,(H,29,34). The monoisotopic (exact) mass is 508 g/mol. The number of piperidine rings is 1. The fourth-order valence-electron chi connectivity index (χ4n) is 5.32. The number of pyridine rings is 1. The lowest BCUT2D eigenvalue weighted by atomic mass is 9.97. The van der Waals surface area contributed by atoms with Crippen LogP contribution < -0.4 is 10.2 Å². The molecule has 2 fully saturated rings. The van der Waals surface area contributed by atoms with E-state index in [-0.39, 0.29) is 11.9 Å². The van der Waals surface area contributed by atoms with Gasteiger partial charge >= 0.3 is 6.03 Å². The first kappa shape index (κ1) is 24.7. The Morgan fingerprint density at radius 2 is 1.83 bits per heavy atom. The number of rotatable bonds is 6. The molecule has 1 N–H and O–H groups in total. The molecule has 2 saturated heterocycles. The molecule has 1 aliphatic carbocycles. The number of allylic oxidation sites excluding steroid dienone is 1. The Bertz CT molecular complexity index is 1060. The van der Waals surface area contributed by atoms with Crippen LogP contribution in [0.1, 0.15) is 66.4 Å². The van der Waals surface area contributed by atoms with E-state index < -0.39 is 0 Å². The van der Waals surface area contributed by atoms with E-state index >= 15 is 0 Å². The average molecular weight is 509 g/mol. The van der Waals surface area contributed by atoms with E-state index in [0.717, 1.165) is 69.4 Å². The molecule has 0 bridgehead atoms. The number of nitrogens with zero attached hydrogens (tertiary/aromatic N) is 5. The topological polar surface area (TPSA) is 81.7 Å². The molecule has 2 aromatic heterocycles. The molecule has 0 spiro atoms. The average Bonchev–Trinajstić information content (AvgIpc) is 3.45. The van der Waals surface area contributed by atoms with Gasteiger partial charge in [-0.1, -0.05) is 17.7 Å². The number of piperazine rings is 1. The van der Waals surface area contributed by atoms with E-state index in [4.69, 9.17) is 0 Å². The highest BCUT2D eigenvalue weighted by molar-refractivity contribution is 7.09. The Balaban J connectivity index is 1.05. The molecule has 0 aromatic carbocycles. The second kappa shape index (κ2) is 11.9. The summed E-state index contributed by atoms with van der Waals surface area (Å²) in [5.74, 6) is 1.21. The SMILES string of the molecule is O=C(NCCC1=CCCCC1)c1csc(C2CCN(C(=O)N3CCN(c4ccccn4)CC3)CC2)n1. The smallest absolute Gasteiger partial charge is 0.320 e. The summed E-state index contributed by atoms with van der Waals surface area (Å²) in [5, 5.41) is 5.93. The van der Waals surface area contributed by atoms with Crippen LogP contribution in [0.15, 0.2) is 41.4 Å². The van der Waals surface area contributed by atoms with Crippen molar-refractivity contribution < 1.29 is 9.59 Å². The van der Waals surface area contributed by atoms with Crippen molar-refractivity contribution in [3.63, 3.8) is 0 Å². The van der Waals surface area contributed by atoms with Crippen molar-refractivity contribution in [3.8, 4) is 0 Å². The number of anilines is 1. The van der Waals surface area contributed by atoms with Gasteiger partial charge in [0.05, 0.1) is 5.01 Å². The van der Waals surface area contributed by atoms with Crippen molar-refractivity contribution in [1.82, 2.24) is 25.1 Å². The van der Waals surface area contributed by atoms with Gasteiger partial charge in [0, 0.05) is 63.3 Å². The fraction of sp³-hybridized carbons (Fsp3) is 0.556. The number of carbonyl (C=O) groups excluding carboxylic acids is 2. The van der Waals surface area contributed by atoms with Crippen molar-refractivity contribution in [1.29, 1.82) is 0 Å². The number of amides is 3.